The smallest absolute Gasteiger partial charge is 0.338 e. The van der Waals surface area contributed by atoms with Crippen molar-refractivity contribution < 1.29 is 32.9 Å². The number of carbonyl (C=O) groups excluding carboxylic acids is 2. The predicted octanol–water partition coefficient (Wildman–Crippen LogP) is 5.42. The molecule has 4 aromatic rings. The monoisotopic (exact) mass is 787 g/mol. The van der Waals surface area contributed by atoms with Crippen LogP contribution in [0.5, 0.6) is 0 Å². The van der Waals surface area contributed by atoms with Crippen LogP contribution in [0.3, 0.4) is 0 Å². The van der Waals surface area contributed by atoms with Gasteiger partial charge in [0.05, 0.1) is 77.3 Å². The van der Waals surface area contributed by atoms with Crippen molar-refractivity contribution in [2.75, 3.05) is 46.7 Å². The quantitative estimate of drug-likeness (QED) is 0.0378. The number of pyridine rings is 1. The van der Waals surface area contributed by atoms with Crippen LogP contribution in [0.15, 0.2) is 93.6 Å². The van der Waals surface area contributed by atoms with Crippen molar-refractivity contribution in [3.8, 4) is 0 Å². The number of benzene rings is 2. The summed E-state index contributed by atoms with van der Waals surface area (Å²) in [7, 11) is 1.25. The van der Waals surface area contributed by atoms with E-state index in [0.717, 1.165) is 6.07 Å². The van der Waals surface area contributed by atoms with Gasteiger partial charge in [0.15, 0.2) is 0 Å². The second-order valence-corrected chi connectivity index (χ2v) is 12.1. The zero-order valence-electron chi connectivity index (χ0n) is 29.9. The Hall–Kier alpha value is -6.40. The molecule has 1 amide bonds. The van der Waals surface area contributed by atoms with Crippen molar-refractivity contribution in [2.24, 2.45) is 15.2 Å². The van der Waals surface area contributed by atoms with Gasteiger partial charge < -0.3 is 29.6 Å². The van der Waals surface area contributed by atoms with E-state index in [9.17, 15) is 14.0 Å². The number of nitrogens with zero attached hydrogens (tertiary/aromatic N) is 11. The normalized spacial score (nSPS) is 13.6. The number of amides is 1. The summed E-state index contributed by atoms with van der Waals surface area (Å²) in [4.78, 5) is 39.9. The SMILES string of the molecule is COC(=O)C1=C(COCc2cn(CCOCCOCCNC(=O)c3cc(CN=[N+]=[N-])cc(N=[N+]=[N-])c3)nn2)NC(c2ccncc2)=NC1c1ccc(F)cc1Cl. The van der Waals surface area contributed by atoms with E-state index >= 15 is 0 Å². The lowest BCUT2D eigenvalue weighted by Crippen LogP contribution is -2.35. The largest absolute Gasteiger partial charge is 0.466 e. The van der Waals surface area contributed by atoms with Gasteiger partial charge in [-0.05, 0) is 59.1 Å². The van der Waals surface area contributed by atoms with E-state index in [1.807, 2.05) is 0 Å². The van der Waals surface area contributed by atoms with Crippen LogP contribution in [0.1, 0.15) is 38.8 Å². The second kappa shape index (κ2) is 20.9. The van der Waals surface area contributed by atoms with Gasteiger partial charge in [0.25, 0.3) is 5.91 Å². The van der Waals surface area contributed by atoms with Crippen molar-refractivity contribution in [2.45, 2.75) is 25.7 Å². The van der Waals surface area contributed by atoms with Crippen LogP contribution < -0.4 is 10.6 Å². The first-order valence-corrected chi connectivity index (χ1v) is 17.3. The molecule has 0 aliphatic carbocycles. The van der Waals surface area contributed by atoms with Crippen LogP contribution in [0.2, 0.25) is 5.02 Å². The lowest BCUT2D eigenvalue weighted by molar-refractivity contribution is -0.136. The lowest BCUT2D eigenvalue weighted by Gasteiger charge is -2.28. The van der Waals surface area contributed by atoms with Crippen LogP contribution in [0, 0.1) is 5.82 Å². The molecular formula is C35H35ClFN13O6. The molecule has 0 spiro atoms. The summed E-state index contributed by atoms with van der Waals surface area (Å²) in [6.07, 6.45) is 4.92. The molecule has 56 heavy (non-hydrogen) atoms. The molecule has 21 heteroatoms. The number of hydrogen-bond acceptors (Lipinski definition) is 13. The first-order valence-electron chi connectivity index (χ1n) is 16.9. The molecule has 0 saturated carbocycles. The van der Waals surface area contributed by atoms with Gasteiger partial charge in [-0.15, -0.1) is 5.10 Å². The molecule has 1 atom stereocenters. The molecule has 5 rings (SSSR count). The molecule has 2 aromatic carbocycles. The molecular weight excluding hydrogens is 753 g/mol. The zero-order chi connectivity index (χ0) is 39.7. The van der Waals surface area contributed by atoms with Crippen molar-refractivity contribution in [1.82, 2.24) is 30.6 Å². The first kappa shape index (κ1) is 40.8. The maximum atomic E-state index is 13.9. The van der Waals surface area contributed by atoms with Gasteiger partial charge in [-0.3, -0.25) is 14.8 Å². The van der Waals surface area contributed by atoms with Crippen molar-refractivity contribution in [3.63, 3.8) is 0 Å². The fourth-order valence-electron chi connectivity index (χ4n) is 5.37. The van der Waals surface area contributed by atoms with Gasteiger partial charge in [0, 0.05) is 56.2 Å². The third kappa shape index (κ3) is 11.6. The Bertz CT molecular complexity index is 2170. The minimum absolute atomic E-state index is 0.00265. The molecule has 19 nitrogen and oxygen atoms in total. The Labute approximate surface area is 323 Å². The number of aliphatic imine (C=N–C) groups is 1. The molecule has 0 bridgehead atoms. The minimum Gasteiger partial charge on any atom is -0.466 e. The number of carbonyl (C=O) groups is 2. The molecule has 2 N–H and O–H groups in total. The van der Waals surface area contributed by atoms with Gasteiger partial charge in [0.2, 0.25) is 0 Å². The molecule has 0 fully saturated rings. The van der Waals surface area contributed by atoms with Crippen LogP contribution in [-0.2, 0) is 43.4 Å². The summed E-state index contributed by atoms with van der Waals surface area (Å²) < 4.78 is 37.8. The van der Waals surface area contributed by atoms with E-state index in [0.29, 0.717) is 53.7 Å². The van der Waals surface area contributed by atoms with Crippen LogP contribution >= 0.6 is 11.6 Å². The van der Waals surface area contributed by atoms with E-state index < -0.39 is 23.7 Å². The number of amidine groups is 1. The number of hydrogen-bond donors (Lipinski definition) is 2. The zero-order valence-corrected chi connectivity index (χ0v) is 30.7. The standard InChI is InChI=1S/C35H35ClFN13O6/c1-53-35(52)31-30(43-33(23-4-6-40-7-5-23)44-32(31)28-3-2-25(37)17-29(28)36)21-56-20-27-19-50(49-46-27)9-11-55-13-12-54-10-8-41-34(51)24-14-22(18-42-47-38)15-26(16-24)45-48-39/h2-7,14-17,19,32H,8-13,18,20-21H2,1H3,(H,41,51)(H,43,44). The topological polar surface area (TPSA) is 249 Å². The number of nitrogens with one attached hydrogen (secondary N) is 2. The molecule has 1 aliphatic rings. The number of methoxy groups -OCH3 is 1. The minimum atomic E-state index is -0.918. The summed E-state index contributed by atoms with van der Waals surface area (Å²) in [6.45, 7) is 1.78. The third-order valence-electron chi connectivity index (χ3n) is 7.91. The molecule has 0 radical (unpaired) electrons. The number of aromatic nitrogens is 4. The van der Waals surface area contributed by atoms with Gasteiger partial charge in [-0.2, -0.15) is 0 Å². The number of rotatable bonds is 20. The highest BCUT2D eigenvalue weighted by Crippen LogP contribution is 2.36. The Morgan fingerprint density at radius 2 is 1.82 bits per heavy atom. The van der Waals surface area contributed by atoms with E-state index in [2.05, 4.69) is 46.0 Å². The molecule has 0 saturated heterocycles. The maximum absolute atomic E-state index is 13.9. The van der Waals surface area contributed by atoms with Crippen molar-refractivity contribution >= 4 is 35.0 Å². The lowest BCUT2D eigenvalue weighted by atomic mass is 9.95. The average Bonchev–Trinajstić information content (AvgIpc) is 3.66. The number of esters is 1. The summed E-state index contributed by atoms with van der Waals surface area (Å²) in [6, 6.07) is 11.0. The van der Waals surface area contributed by atoms with E-state index in [4.69, 9.17) is 46.6 Å². The number of azide groups is 2. The number of halogens is 2. The fraction of sp³-hybridized carbons (Fsp3) is 0.314. The third-order valence-corrected chi connectivity index (χ3v) is 8.24. The Morgan fingerprint density at radius 1 is 1.02 bits per heavy atom. The average molecular weight is 788 g/mol. The Balaban J connectivity index is 1.06. The Kier molecular flexibility index (Phi) is 15.2. The van der Waals surface area contributed by atoms with Crippen molar-refractivity contribution in [3.05, 3.63) is 138 Å². The van der Waals surface area contributed by atoms with Gasteiger partial charge in [-0.1, -0.05) is 33.1 Å². The molecule has 3 heterocycles. The van der Waals surface area contributed by atoms with Crippen LogP contribution in [-0.4, -0.2) is 84.4 Å². The van der Waals surface area contributed by atoms with Gasteiger partial charge in [-0.25, -0.2) is 13.9 Å². The predicted molar refractivity (Wildman–Crippen MR) is 199 cm³/mol. The highest BCUT2D eigenvalue weighted by atomic mass is 35.5. The Morgan fingerprint density at radius 3 is 2.57 bits per heavy atom. The van der Waals surface area contributed by atoms with E-state index in [1.54, 1.807) is 41.5 Å². The van der Waals surface area contributed by atoms with E-state index in [1.165, 1.54) is 31.4 Å². The highest BCUT2D eigenvalue weighted by Gasteiger charge is 2.33. The van der Waals surface area contributed by atoms with Crippen LogP contribution in [0.25, 0.3) is 20.9 Å². The highest BCUT2D eigenvalue weighted by molar-refractivity contribution is 6.31. The van der Waals surface area contributed by atoms with Crippen molar-refractivity contribution in [1.29, 1.82) is 0 Å². The summed E-state index contributed by atoms with van der Waals surface area (Å²) in [5.74, 6) is -1.16. The van der Waals surface area contributed by atoms with Gasteiger partial charge in [0.1, 0.15) is 23.4 Å². The molecule has 2 aromatic heterocycles. The molecule has 1 unspecified atom stereocenters. The van der Waals surface area contributed by atoms with Gasteiger partial charge >= 0.3 is 5.97 Å². The first-order chi connectivity index (χ1) is 27.3. The maximum Gasteiger partial charge on any atom is 0.338 e. The summed E-state index contributed by atoms with van der Waals surface area (Å²) >= 11 is 6.43. The fourth-order valence-corrected chi connectivity index (χ4v) is 5.64. The summed E-state index contributed by atoms with van der Waals surface area (Å²) in [5.41, 5.74) is 20.5. The molecule has 290 valence electrons. The van der Waals surface area contributed by atoms with Crippen LogP contribution in [0.4, 0.5) is 10.1 Å². The number of ether oxygens (including phenoxy) is 4. The van der Waals surface area contributed by atoms with E-state index in [-0.39, 0.29) is 61.4 Å². The summed E-state index contributed by atoms with van der Waals surface area (Å²) in [5, 5.41) is 21.3. The second-order valence-electron chi connectivity index (χ2n) is 11.7. The molecule has 1 aliphatic heterocycles.